The van der Waals surface area contributed by atoms with Crippen LogP contribution in [-0.2, 0) is 0 Å². The lowest BCUT2D eigenvalue weighted by Gasteiger charge is -2.44. The maximum absolute atomic E-state index is 14.3. The number of rotatable bonds is 3. The van der Waals surface area contributed by atoms with E-state index in [9.17, 15) is 18.4 Å². The Hall–Kier alpha value is -2.96. The predicted octanol–water partition coefficient (Wildman–Crippen LogP) is 3.66. The van der Waals surface area contributed by atoms with Gasteiger partial charge in [-0.05, 0) is 50.6 Å². The third-order valence-corrected chi connectivity index (χ3v) is 5.20. The van der Waals surface area contributed by atoms with Crippen LogP contribution in [0, 0.1) is 18.6 Å². The number of aryl methyl sites for hydroxylation is 1. The molecule has 0 radical (unpaired) electrons. The summed E-state index contributed by atoms with van der Waals surface area (Å²) in [4.78, 5) is 28.9. The normalized spacial score (nSPS) is 19.2. The van der Waals surface area contributed by atoms with Crippen molar-refractivity contribution in [3.8, 4) is 5.75 Å². The first-order chi connectivity index (χ1) is 13.7. The van der Waals surface area contributed by atoms with Crippen LogP contribution in [0.15, 0.2) is 36.4 Å². The van der Waals surface area contributed by atoms with Crippen LogP contribution in [0.1, 0.15) is 40.1 Å². The number of amides is 2. The summed E-state index contributed by atoms with van der Waals surface area (Å²) in [7, 11) is 1.42. The zero-order valence-corrected chi connectivity index (χ0v) is 16.9. The van der Waals surface area contributed by atoms with Gasteiger partial charge in [0, 0.05) is 31.2 Å². The third kappa shape index (κ3) is 4.09. The van der Waals surface area contributed by atoms with E-state index in [0.717, 1.165) is 5.56 Å². The summed E-state index contributed by atoms with van der Waals surface area (Å²) in [6.07, 6.45) is 0. The molecule has 0 spiro atoms. The molecule has 0 aromatic heterocycles. The summed E-state index contributed by atoms with van der Waals surface area (Å²) in [5.74, 6) is -1.75. The fourth-order valence-corrected chi connectivity index (χ4v) is 3.79. The average molecular weight is 402 g/mol. The first kappa shape index (κ1) is 20.8. The number of carbonyl (C=O) groups excluding carboxylic acids is 2. The molecule has 0 bridgehead atoms. The van der Waals surface area contributed by atoms with Crippen LogP contribution in [-0.4, -0.2) is 53.9 Å². The first-order valence-electron chi connectivity index (χ1n) is 9.44. The molecule has 2 aromatic rings. The maximum atomic E-state index is 14.3. The van der Waals surface area contributed by atoms with Crippen LogP contribution < -0.4 is 4.74 Å². The summed E-state index contributed by atoms with van der Waals surface area (Å²) >= 11 is 0. The van der Waals surface area contributed by atoms with Gasteiger partial charge in [-0.15, -0.1) is 0 Å². The largest absolute Gasteiger partial charge is 0.497 e. The molecule has 1 fully saturated rings. The number of methoxy groups -OCH3 is 1. The molecule has 0 unspecified atom stereocenters. The Morgan fingerprint density at radius 2 is 1.48 bits per heavy atom. The average Bonchev–Trinajstić information content (AvgIpc) is 2.66. The van der Waals surface area contributed by atoms with Gasteiger partial charge in [-0.3, -0.25) is 9.59 Å². The van der Waals surface area contributed by atoms with Crippen molar-refractivity contribution in [2.24, 2.45) is 0 Å². The summed E-state index contributed by atoms with van der Waals surface area (Å²) in [5.41, 5.74) is 0.696. The van der Waals surface area contributed by atoms with Crippen molar-refractivity contribution >= 4 is 11.8 Å². The molecule has 1 aliphatic heterocycles. The summed E-state index contributed by atoms with van der Waals surface area (Å²) in [6.45, 7) is 5.81. The van der Waals surface area contributed by atoms with Crippen molar-refractivity contribution in [1.82, 2.24) is 9.80 Å². The van der Waals surface area contributed by atoms with Gasteiger partial charge in [-0.25, -0.2) is 8.78 Å². The summed E-state index contributed by atoms with van der Waals surface area (Å²) < 4.78 is 33.6. The van der Waals surface area contributed by atoms with Crippen molar-refractivity contribution in [3.05, 3.63) is 64.7 Å². The molecule has 1 aliphatic rings. The fourth-order valence-electron chi connectivity index (χ4n) is 3.79. The Balaban J connectivity index is 1.79. The van der Waals surface area contributed by atoms with Crippen LogP contribution in [0.5, 0.6) is 5.75 Å². The molecule has 2 atom stereocenters. The van der Waals surface area contributed by atoms with Gasteiger partial charge >= 0.3 is 0 Å². The molecule has 1 saturated heterocycles. The van der Waals surface area contributed by atoms with Gasteiger partial charge < -0.3 is 14.5 Å². The van der Waals surface area contributed by atoms with Crippen LogP contribution in [0.3, 0.4) is 0 Å². The van der Waals surface area contributed by atoms with E-state index >= 15 is 0 Å². The number of hydrogen-bond donors (Lipinski definition) is 0. The number of hydrogen-bond acceptors (Lipinski definition) is 3. The standard InChI is InChI=1S/C22H24F2N2O3/c1-13-5-7-18(19(23)9-13)22(28)26-14(2)11-25(12-15(26)3)21(27)17-8-6-16(29-4)10-20(17)24/h5-10,14-15H,11-12H2,1-4H3/t14-,15-/m1/s1. The summed E-state index contributed by atoms with van der Waals surface area (Å²) in [5, 5.41) is 0. The highest BCUT2D eigenvalue weighted by molar-refractivity contribution is 5.96. The second-order valence-electron chi connectivity index (χ2n) is 7.45. The SMILES string of the molecule is COc1ccc(C(=O)N2C[C@@H](C)N(C(=O)c3ccc(C)cc3F)[C@H](C)C2)c(F)c1. The first-order valence-corrected chi connectivity index (χ1v) is 9.44. The molecule has 2 amide bonds. The van der Waals surface area contributed by atoms with Gasteiger partial charge in [-0.2, -0.15) is 0 Å². The second kappa shape index (κ2) is 8.19. The Bertz CT molecular complexity index is 936. The minimum atomic E-state index is -0.658. The molecule has 154 valence electrons. The third-order valence-electron chi connectivity index (χ3n) is 5.20. The zero-order chi connectivity index (χ0) is 21.3. The topological polar surface area (TPSA) is 49.9 Å². The van der Waals surface area contributed by atoms with Crippen LogP contribution in [0.25, 0.3) is 0 Å². The Morgan fingerprint density at radius 3 is 2.03 bits per heavy atom. The van der Waals surface area contributed by atoms with Crippen LogP contribution >= 0.6 is 0 Å². The molecule has 0 aliphatic carbocycles. The molecule has 29 heavy (non-hydrogen) atoms. The number of nitrogens with zero attached hydrogens (tertiary/aromatic N) is 2. The Morgan fingerprint density at radius 1 is 0.931 bits per heavy atom. The lowest BCUT2D eigenvalue weighted by molar-refractivity contribution is 0.0249. The summed E-state index contributed by atoms with van der Waals surface area (Å²) in [6, 6.07) is 7.90. The van der Waals surface area contributed by atoms with E-state index in [1.165, 1.54) is 42.3 Å². The number of ether oxygens (including phenoxy) is 1. The minimum absolute atomic E-state index is 0.00951. The highest BCUT2D eigenvalue weighted by atomic mass is 19.1. The van der Waals surface area contributed by atoms with Crippen molar-refractivity contribution in [2.75, 3.05) is 20.2 Å². The van der Waals surface area contributed by atoms with Crippen LogP contribution in [0.2, 0.25) is 0 Å². The lowest BCUT2D eigenvalue weighted by atomic mass is 10.0. The molecular weight excluding hydrogens is 378 g/mol. The highest BCUT2D eigenvalue weighted by Gasteiger charge is 2.36. The van der Waals surface area contributed by atoms with Crippen molar-refractivity contribution in [3.63, 3.8) is 0 Å². The van der Waals surface area contributed by atoms with E-state index < -0.39 is 23.4 Å². The van der Waals surface area contributed by atoms with Crippen molar-refractivity contribution in [2.45, 2.75) is 32.9 Å². The highest BCUT2D eigenvalue weighted by Crippen LogP contribution is 2.24. The second-order valence-corrected chi connectivity index (χ2v) is 7.45. The molecule has 1 heterocycles. The smallest absolute Gasteiger partial charge is 0.257 e. The predicted molar refractivity (Wildman–Crippen MR) is 105 cm³/mol. The van der Waals surface area contributed by atoms with Crippen molar-refractivity contribution < 1.29 is 23.1 Å². The number of carbonyl (C=O) groups is 2. The van der Waals surface area contributed by atoms with Crippen molar-refractivity contribution in [1.29, 1.82) is 0 Å². The molecule has 3 rings (SSSR count). The van der Waals surface area contributed by atoms with Gasteiger partial charge in [0.15, 0.2) is 0 Å². The fraction of sp³-hybridized carbons (Fsp3) is 0.364. The number of benzene rings is 2. The van der Waals surface area contributed by atoms with Crippen LogP contribution in [0.4, 0.5) is 8.78 Å². The number of piperazine rings is 1. The van der Waals surface area contributed by atoms with E-state index in [0.29, 0.717) is 5.75 Å². The van der Waals surface area contributed by atoms with Gasteiger partial charge in [0.25, 0.3) is 11.8 Å². The van der Waals surface area contributed by atoms with E-state index in [1.54, 1.807) is 31.7 Å². The van der Waals surface area contributed by atoms with Gasteiger partial charge in [-0.1, -0.05) is 6.07 Å². The van der Waals surface area contributed by atoms with E-state index in [-0.39, 0.29) is 36.3 Å². The molecule has 5 nitrogen and oxygen atoms in total. The molecular formula is C22H24F2N2O3. The van der Waals surface area contributed by atoms with Gasteiger partial charge in [0.05, 0.1) is 18.2 Å². The van der Waals surface area contributed by atoms with E-state index in [4.69, 9.17) is 4.74 Å². The van der Waals surface area contributed by atoms with E-state index in [1.807, 2.05) is 0 Å². The monoisotopic (exact) mass is 402 g/mol. The Labute approximate surface area is 168 Å². The minimum Gasteiger partial charge on any atom is -0.497 e. The van der Waals surface area contributed by atoms with Gasteiger partial charge in [0.2, 0.25) is 0 Å². The molecule has 0 saturated carbocycles. The maximum Gasteiger partial charge on any atom is 0.257 e. The Kier molecular flexibility index (Phi) is 5.86. The molecule has 2 aromatic carbocycles. The molecule has 0 N–H and O–H groups in total. The van der Waals surface area contributed by atoms with Gasteiger partial charge in [0.1, 0.15) is 17.4 Å². The quantitative estimate of drug-likeness (QED) is 0.787. The molecule has 7 heteroatoms. The zero-order valence-electron chi connectivity index (χ0n) is 16.9. The number of halogens is 2. The van der Waals surface area contributed by atoms with E-state index in [2.05, 4.69) is 0 Å². The lowest BCUT2D eigenvalue weighted by Crippen LogP contribution is -2.60.